The number of tetrazole rings is 1. The summed E-state index contributed by atoms with van der Waals surface area (Å²) in [7, 11) is 0. The first kappa shape index (κ1) is 17.7. The van der Waals surface area contributed by atoms with Crippen LogP contribution < -0.4 is 11.2 Å². The van der Waals surface area contributed by atoms with Crippen LogP contribution in [0.1, 0.15) is 11.4 Å². The molecule has 0 aliphatic rings. The molecule has 0 aliphatic heterocycles. The summed E-state index contributed by atoms with van der Waals surface area (Å²) >= 11 is 0. The van der Waals surface area contributed by atoms with E-state index in [1.807, 2.05) is 48.5 Å². The van der Waals surface area contributed by atoms with Crippen molar-refractivity contribution in [3.05, 3.63) is 80.8 Å². The molecule has 0 amide bonds. The summed E-state index contributed by atoms with van der Waals surface area (Å²) in [6, 6.07) is 15.9. The number of aromatic amines is 3. The third kappa shape index (κ3) is 3.00. The average molecular weight is 400 g/mol. The lowest BCUT2D eigenvalue weighted by atomic mass is 9.98. The molecule has 0 radical (unpaired) electrons. The summed E-state index contributed by atoms with van der Waals surface area (Å²) in [5, 5.41) is 14.1. The third-order valence-electron chi connectivity index (χ3n) is 4.97. The number of nitrogens with zero attached hydrogens (tertiary/aromatic N) is 5. The van der Waals surface area contributed by atoms with Crippen LogP contribution in [-0.4, -0.2) is 40.1 Å². The number of aryl methyl sites for hydroxylation is 1. The van der Waals surface area contributed by atoms with Crippen molar-refractivity contribution in [2.75, 3.05) is 0 Å². The number of hydrogen-bond acceptors (Lipinski definition) is 6. The van der Waals surface area contributed by atoms with Gasteiger partial charge < -0.3 is 4.57 Å². The van der Waals surface area contributed by atoms with E-state index < -0.39 is 11.2 Å². The highest BCUT2D eigenvalue weighted by Crippen LogP contribution is 2.29. The van der Waals surface area contributed by atoms with Crippen molar-refractivity contribution in [1.82, 2.24) is 40.1 Å². The quantitative estimate of drug-likeness (QED) is 0.419. The van der Waals surface area contributed by atoms with Gasteiger partial charge in [-0.1, -0.05) is 48.5 Å². The highest BCUT2D eigenvalue weighted by molar-refractivity contribution is 5.80. The molecular weight excluding hydrogens is 384 g/mol. The zero-order valence-corrected chi connectivity index (χ0v) is 15.9. The molecule has 0 atom stereocenters. The Hall–Kier alpha value is -4.34. The van der Waals surface area contributed by atoms with Gasteiger partial charge in [-0.2, -0.15) is 0 Å². The Bertz CT molecular complexity index is 1460. The lowest BCUT2D eigenvalue weighted by molar-refractivity contribution is 0.782. The minimum absolute atomic E-state index is 0.285. The van der Waals surface area contributed by atoms with E-state index in [-0.39, 0.29) is 5.65 Å². The number of aromatic nitrogens is 8. The molecule has 0 spiro atoms. The normalized spacial score (nSPS) is 11.2. The topological polar surface area (TPSA) is 138 Å². The molecule has 0 fully saturated rings. The highest BCUT2D eigenvalue weighted by Gasteiger charge is 2.14. The second-order valence-electron chi connectivity index (χ2n) is 6.84. The molecule has 10 heteroatoms. The Kier molecular flexibility index (Phi) is 4.09. The number of H-pyrrole nitrogens is 3. The Morgan fingerprint density at radius 1 is 0.967 bits per heavy atom. The van der Waals surface area contributed by atoms with Crippen molar-refractivity contribution in [2.45, 2.75) is 13.5 Å². The van der Waals surface area contributed by atoms with Crippen molar-refractivity contribution >= 4 is 11.2 Å². The molecule has 0 saturated carbocycles. The van der Waals surface area contributed by atoms with Crippen LogP contribution in [0.2, 0.25) is 0 Å². The first-order valence-corrected chi connectivity index (χ1v) is 9.22. The molecule has 2 aromatic carbocycles. The molecule has 5 aromatic rings. The summed E-state index contributed by atoms with van der Waals surface area (Å²) < 4.78 is 1.78. The van der Waals surface area contributed by atoms with Crippen LogP contribution in [0.25, 0.3) is 33.7 Å². The van der Waals surface area contributed by atoms with Crippen molar-refractivity contribution in [2.24, 2.45) is 0 Å². The number of rotatable bonds is 4. The summed E-state index contributed by atoms with van der Waals surface area (Å²) in [5.74, 6) is 1.24. The number of fused-ring (bicyclic) bond motifs is 1. The van der Waals surface area contributed by atoms with Gasteiger partial charge in [0, 0.05) is 12.1 Å². The van der Waals surface area contributed by atoms with E-state index in [1.165, 1.54) is 0 Å². The van der Waals surface area contributed by atoms with E-state index in [0.717, 1.165) is 22.3 Å². The molecule has 3 aromatic heterocycles. The van der Waals surface area contributed by atoms with Crippen molar-refractivity contribution < 1.29 is 0 Å². The minimum Gasteiger partial charge on any atom is -0.318 e. The first-order valence-electron chi connectivity index (χ1n) is 9.22. The van der Waals surface area contributed by atoms with Gasteiger partial charge in [-0.25, -0.2) is 14.9 Å². The number of imidazole rings is 1. The third-order valence-corrected chi connectivity index (χ3v) is 4.97. The van der Waals surface area contributed by atoms with Gasteiger partial charge in [-0.05, 0) is 34.0 Å². The van der Waals surface area contributed by atoms with Crippen LogP contribution in [0.4, 0.5) is 0 Å². The molecule has 3 N–H and O–H groups in total. The monoisotopic (exact) mass is 400 g/mol. The van der Waals surface area contributed by atoms with E-state index in [0.29, 0.717) is 23.7 Å². The smallest absolute Gasteiger partial charge is 0.318 e. The number of nitrogens with one attached hydrogen (secondary N) is 3. The Morgan fingerprint density at radius 2 is 1.73 bits per heavy atom. The van der Waals surface area contributed by atoms with Crippen molar-refractivity contribution in [1.29, 1.82) is 0 Å². The maximum Gasteiger partial charge on any atom is 0.327 e. The Labute approximate surface area is 168 Å². The van der Waals surface area contributed by atoms with Crippen molar-refractivity contribution in [3.8, 4) is 22.5 Å². The van der Waals surface area contributed by atoms with Gasteiger partial charge >= 0.3 is 5.69 Å². The zero-order valence-electron chi connectivity index (χ0n) is 15.9. The first-order chi connectivity index (χ1) is 14.6. The van der Waals surface area contributed by atoms with Crippen LogP contribution in [0.5, 0.6) is 0 Å². The van der Waals surface area contributed by atoms with Crippen LogP contribution in [0, 0.1) is 6.92 Å². The van der Waals surface area contributed by atoms with E-state index in [9.17, 15) is 9.59 Å². The van der Waals surface area contributed by atoms with Gasteiger partial charge in [-0.15, -0.1) is 5.10 Å². The number of hydrogen-bond donors (Lipinski definition) is 3. The van der Waals surface area contributed by atoms with Gasteiger partial charge in [0.25, 0.3) is 5.56 Å². The fourth-order valence-electron chi connectivity index (χ4n) is 3.56. The molecule has 5 rings (SSSR count). The van der Waals surface area contributed by atoms with Crippen LogP contribution in [-0.2, 0) is 6.54 Å². The van der Waals surface area contributed by atoms with Gasteiger partial charge in [0.1, 0.15) is 5.82 Å². The second-order valence-corrected chi connectivity index (χ2v) is 6.84. The maximum atomic E-state index is 12.3. The predicted octanol–water partition coefficient (Wildman–Crippen LogP) is 1.62. The molecule has 0 unspecified atom stereocenters. The average Bonchev–Trinajstić information content (AvgIpc) is 3.37. The summed E-state index contributed by atoms with van der Waals surface area (Å²) in [6.45, 7) is 2.25. The minimum atomic E-state index is -0.567. The lowest BCUT2D eigenvalue weighted by Gasteiger charge is -2.10. The zero-order chi connectivity index (χ0) is 20.7. The lowest BCUT2D eigenvalue weighted by Crippen LogP contribution is -2.23. The van der Waals surface area contributed by atoms with Gasteiger partial charge in [-0.3, -0.25) is 14.8 Å². The Balaban J connectivity index is 1.51. The van der Waals surface area contributed by atoms with Gasteiger partial charge in [0.2, 0.25) is 0 Å². The van der Waals surface area contributed by atoms with Crippen LogP contribution in [0.3, 0.4) is 0 Å². The molecule has 10 nitrogen and oxygen atoms in total. The molecule has 30 heavy (non-hydrogen) atoms. The molecule has 3 heterocycles. The highest BCUT2D eigenvalue weighted by atomic mass is 16.2. The molecular formula is C20H16N8O2. The fraction of sp³-hybridized carbons (Fsp3) is 0.100. The summed E-state index contributed by atoms with van der Waals surface area (Å²) in [5.41, 5.74) is 3.52. The second kappa shape index (κ2) is 6.92. The molecule has 0 bridgehead atoms. The predicted molar refractivity (Wildman–Crippen MR) is 110 cm³/mol. The standard InChI is InChI=1S/C20H16N8O2/c1-11-21-18-16(19(29)23-20(30)22-18)28(11)10-12-6-8-13(9-7-12)14-4-2-3-5-15(14)17-24-26-27-25-17/h2-9H,10H2,1H3,(H2,22,23,29,30)(H,24,25,26,27). The van der Waals surface area contributed by atoms with Crippen molar-refractivity contribution in [3.63, 3.8) is 0 Å². The molecule has 148 valence electrons. The van der Waals surface area contributed by atoms with E-state index >= 15 is 0 Å². The SMILES string of the molecule is Cc1nc2[nH]c(=O)[nH]c(=O)c2n1Cc1ccc(-c2ccccc2-c2nnn[nH]2)cc1. The van der Waals surface area contributed by atoms with E-state index in [2.05, 4.69) is 35.6 Å². The Morgan fingerprint density at radius 3 is 2.47 bits per heavy atom. The molecule has 0 saturated heterocycles. The number of benzene rings is 2. The van der Waals surface area contributed by atoms with E-state index in [1.54, 1.807) is 11.5 Å². The fourth-order valence-corrected chi connectivity index (χ4v) is 3.56. The maximum absolute atomic E-state index is 12.3. The summed E-state index contributed by atoms with van der Waals surface area (Å²) in [4.78, 5) is 32.9. The van der Waals surface area contributed by atoms with E-state index in [4.69, 9.17) is 0 Å². The van der Waals surface area contributed by atoms with Gasteiger partial charge in [0.15, 0.2) is 17.0 Å². The molecule has 0 aliphatic carbocycles. The van der Waals surface area contributed by atoms with Crippen LogP contribution >= 0.6 is 0 Å². The van der Waals surface area contributed by atoms with Crippen LogP contribution in [0.15, 0.2) is 58.1 Å². The largest absolute Gasteiger partial charge is 0.327 e. The van der Waals surface area contributed by atoms with Gasteiger partial charge in [0.05, 0.1) is 0 Å². The summed E-state index contributed by atoms with van der Waals surface area (Å²) in [6.07, 6.45) is 0.